The first-order chi connectivity index (χ1) is 6.75. The number of aromatic nitrogens is 1. The third kappa shape index (κ3) is 2.27. The lowest BCUT2D eigenvalue weighted by Crippen LogP contribution is -2.27. The molecule has 2 rings (SSSR count). The quantitative estimate of drug-likeness (QED) is 0.789. The van der Waals surface area contributed by atoms with Crippen LogP contribution in [0.4, 0.5) is 0 Å². The highest BCUT2D eigenvalue weighted by atomic mass is 32.1. The summed E-state index contributed by atoms with van der Waals surface area (Å²) in [5, 5.41) is 3.28. The molecule has 3 nitrogen and oxygen atoms in total. The number of carbonyl (C=O) groups excluding carboxylic acids is 1. The second kappa shape index (κ2) is 4.31. The van der Waals surface area contributed by atoms with Gasteiger partial charge in [-0.05, 0) is 0 Å². The van der Waals surface area contributed by atoms with Crippen LogP contribution in [0.5, 0.6) is 0 Å². The summed E-state index contributed by atoms with van der Waals surface area (Å²) in [4.78, 5) is 17.5. The Bertz CT molecular complexity index is 313. The Morgan fingerprint density at radius 2 is 2.57 bits per heavy atom. The van der Waals surface area contributed by atoms with Crippen LogP contribution in [0.15, 0.2) is 11.6 Å². The largest absolute Gasteiger partial charge is 0.341 e. The second-order valence-corrected chi connectivity index (χ2v) is 5.08. The first kappa shape index (κ1) is 9.98. The molecule has 0 bridgehead atoms. The van der Waals surface area contributed by atoms with Gasteiger partial charge in [0, 0.05) is 42.8 Å². The summed E-state index contributed by atoms with van der Waals surface area (Å²) in [5.74, 6) is 0.224. The molecule has 0 saturated carbocycles. The van der Waals surface area contributed by atoms with Crippen molar-refractivity contribution in [2.24, 2.45) is 0 Å². The second-order valence-electron chi connectivity index (χ2n) is 3.37. The van der Waals surface area contributed by atoms with E-state index in [0.29, 0.717) is 6.42 Å². The molecule has 0 aliphatic carbocycles. The Hall–Kier alpha value is -0.550. The highest BCUT2D eigenvalue weighted by molar-refractivity contribution is 7.81. The van der Waals surface area contributed by atoms with Crippen LogP contribution in [0, 0.1) is 0 Å². The first-order valence-corrected chi connectivity index (χ1v) is 5.99. The summed E-state index contributed by atoms with van der Waals surface area (Å²) in [6.45, 7) is 1.57. The van der Waals surface area contributed by atoms with E-state index >= 15 is 0 Å². The average Bonchev–Trinajstić information content (AvgIpc) is 2.72. The zero-order valence-electron chi connectivity index (χ0n) is 7.72. The molecular weight excluding hydrogens is 216 g/mol. The van der Waals surface area contributed by atoms with Gasteiger partial charge in [-0.25, -0.2) is 4.98 Å². The van der Waals surface area contributed by atoms with Crippen LogP contribution < -0.4 is 0 Å². The number of hydrogen-bond donors (Lipinski definition) is 1. The Morgan fingerprint density at radius 1 is 1.71 bits per heavy atom. The van der Waals surface area contributed by atoms with Crippen LogP contribution in [0.25, 0.3) is 0 Å². The molecule has 1 saturated heterocycles. The fourth-order valence-electron chi connectivity index (χ4n) is 1.57. The lowest BCUT2D eigenvalue weighted by Gasteiger charge is -2.14. The summed E-state index contributed by atoms with van der Waals surface area (Å²) >= 11 is 5.94. The number of hydrogen-bond acceptors (Lipinski definition) is 4. The van der Waals surface area contributed by atoms with Crippen molar-refractivity contribution in [3.63, 3.8) is 0 Å². The summed E-state index contributed by atoms with van der Waals surface area (Å²) in [7, 11) is 0. The monoisotopic (exact) mass is 228 g/mol. The van der Waals surface area contributed by atoms with E-state index in [1.54, 1.807) is 17.5 Å². The van der Waals surface area contributed by atoms with E-state index in [9.17, 15) is 4.79 Å². The SMILES string of the molecule is O=C1CC(S)CN1CCc1nccs1. The fourth-order valence-corrected chi connectivity index (χ4v) is 2.54. The molecule has 1 amide bonds. The van der Waals surface area contributed by atoms with Gasteiger partial charge < -0.3 is 4.90 Å². The lowest BCUT2D eigenvalue weighted by atomic mass is 10.4. The maximum Gasteiger partial charge on any atom is 0.223 e. The average molecular weight is 228 g/mol. The van der Waals surface area contributed by atoms with Crippen molar-refractivity contribution < 1.29 is 4.79 Å². The summed E-state index contributed by atoms with van der Waals surface area (Å²) in [6.07, 6.45) is 3.25. The molecule has 0 spiro atoms. The van der Waals surface area contributed by atoms with Crippen LogP contribution in [-0.2, 0) is 11.2 Å². The van der Waals surface area contributed by atoms with E-state index in [2.05, 4.69) is 17.6 Å². The smallest absolute Gasteiger partial charge is 0.223 e. The zero-order valence-corrected chi connectivity index (χ0v) is 9.43. The summed E-state index contributed by atoms with van der Waals surface area (Å²) < 4.78 is 0. The van der Waals surface area contributed by atoms with Crippen molar-refractivity contribution in [1.29, 1.82) is 0 Å². The standard InChI is InChI=1S/C9H12N2OS2/c12-9-5-7(13)6-11(9)3-1-8-10-2-4-14-8/h2,4,7,13H,1,3,5-6H2. The maximum atomic E-state index is 11.4. The van der Waals surface area contributed by atoms with Gasteiger partial charge in [-0.1, -0.05) is 0 Å². The van der Waals surface area contributed by atoms with Crippen molar-refractivity contribution in [3.05, 3.63) is 16.6 Å². The Balaban J connectivity index is 1.84. The van der Waals surface area contributed by atoms with Crippen molar-refractivity contribution in [1.82, 2.24) is 9.88 Å². The van der Waals surface area contributed by atoms with Crippen LogP contribution in [0.3, 0.4) is 0 Å². The number of thiol groups is 1. The number of rotatable bonds is 3. The molecule has 1 aromatic rings. The molecule has 0 radical (unpaired) electrons. The molecule has 1 aromatic heterocycles. The van der Waals surface area contributed by atoms with E-state index in [4.69, 9.17) is 0 Å². The predicted octanol–water partition coefficient (Wildman–Crippen LogP) is 1.22. The first-order valence-electron chi connectivity index (χ1n) is 4.60. The zero-order chi connectivity index (χ0) is 9.97. The van der Waals surface area contributed by atoms with Crippen LogP contribution in [0.1, 0.15) is 11.4 Å². The van der Waals surface area contributed by atoms with Gasteiger partial charge in [-0.3, -0.25) is 4.79 Å². The fraction of sp³-hybridized carbons (Fsp3) is 0.556. The van der Waals surface area contributed by atoms with Crippen molar-refractivity contribution >= 4 is 29.9 Å². The highest BCUT2D eigenvalue weighted by Crippen LogP contribution is 2.16. The van der Waals surface area contributed by atoms with Crippen molar-refractivity contribution in [2.75, 3.05) is 13.1 Å². The molecule has 0 N–H and O–H groups in total. The van der Waals surface area contributed by atoms with E-state index in [1.807, 2.05) is 10.3 Å². The summed E-state index contributed by atoms with van der Waals surface area (Å²) in [5.41, 5.74) is 0. The maximum absolute atomic E-state index is 11.4. The molecule has 1 atom stereocenters. The molecule has 5 heteroatoms. The molecule has 1 aliphatic rings. The topological polar surface area (TPSA) is 33.2 Å². The van der Waals surface area contributed by atoms with Crippen LogP contribution in [-0.4, -0.2) is 34.1 Å². The molecular formula is C9H12N2OS2. The van der Waals surface area contributed by atoms with Gasteiger partial charge >= 0.3 is 0 Å². The van der Waals surface area contributed by atoms with E-state index in [1.165, 1.54) is 0 Å². The van der Waals surface area contributed by atoms with Crippen LogP contribution in [0.2, 0.25) is 0 Å². The van der Waals surface area contributed by atoms with E-state index in [0.717, 1.165) is 24.5 Å². The number of nitrogens with zero attached hydrogens (tertiary/aromatic N) is 2. The van der Waals surface area contributed by atoms with E-state index in [-0.39, 0.29) is 11.2 Å². The molecule has 0 aromatic carbocycles. The van der Waals surface area contributed by atoms with Gasteiger partial charge in [0.15, 0.2) is 0 Å². The van der Waals surface area contributed by atoms with Gasteiger partial charge in [0.05, 0.1) is 5.01 Å². The van der Waals surface area contributed by atoms with Crippen molar-refractivity contribution in [2.45, 2.75) is 18.1 Å². The highest BCUT2D eigenvalue weighted by Gasteiger charge is 2.26. The van der Waals surface area contributed by atoms with Crippen molar-refractivity contribution in [3.8, 4) is 0 Å². The Labute approximate surface area is 92.6 Å². The van der Waals surface area contributed by atoms with Gasteiger partial charge in [0.25, 0.3) is 0 Å². The predicted molar refractivity (Wildman–Crippen MR) is 59.8 cm³/mol. The Morgan fingerprint density at radius 3 is 3.14 bits per heavy atom. The number of thiazole rings is 1. The molecule has 2 heterocycles. The van der Waals surface area contributed by atoms with Crippen LogP contribution >= 0.6 is 24.0 Å². The van der Waals surface area contributed by atoms with Gasteiger partial charge in [-0.15, -0.1) is 11.3 Å². The molecule has 1 fully saturated rings. The molecule has 1 aliphatic heterocycles. The minimum absolute atomic E-state index is 0.221. The van der Waals surface area contributed by atoms with Gasteiger partial charge in [-0.2, -0.15) is 12.6 Å². The minimum Gasteiger partial charge on any atom is -0.341 e. The third-order valence-electron chi connectivity index (χ3n) is 2.27. The van der Waals surface area contributed by atoms with E-state index < -0.39 is 0 Å². The minimum atomic E-state index is 0.221. The third-order valence-corrected chi connectivity index (χ3v) is 3.46. The number of likely N-dealkylation sites (tertiary alicyclic amines) is 1. The normalized spacial score (nSPS) is 21.9. The van der Waals surface area contributed by atoms with Gasteiger partial charge in [0.2, 0.25) is 5.91 Å². The molecule has 76 valence electrons. The van der Waals surface area contributed by atoms with Gasteiger partial charge in [0.1, 0.15) is 0 Å². The number of carbonyl (C=O) groups is 1. The molecule has 1 unspecified atom stereocenters. The molecule has 14 heavy (non-hydrogen) atoms. The lowest BCUT2D eigenvalue weighted by molar-refractivity contribution is -0.127. The number of amides is 1. The summed E-state index contributed by atoms with van der Waals surface area (Å²) in [6, 6.07) is 0. The Kier molecular flexibility index (Phi) is 3.08.